The molecular formula is C18H22FNO. The first-order valence-electron chi connectivity index (χ1n) is 7.26. The summed E-state index contributed by atoms with van der Waals surface area (Å²) < 4.78 is 13.8. The van der Waals surface area contributed by atoms with Crippen molar-refractivity contribution in [3.8, 4) is 0 Å². The van der Waals surface area contributed by atoms with Crippen molar-refractivity contribution in [2.45, 2.75) is 33.8 Å². The maximum Gasteiger partial charge on any atom is 0.126 e. The minimum atomic E-state index is -0.714. The molecule has 0 saturated carbocycles. The summed E-state index contributed by atoms with van der Waals surface area (Å²) in [6.45, 7) is 8.25. The lowest BCUT2D eigenvalue weighted by Gasteiger charge is -2.27. The van der Waals surface area contributed by atoms with Gasteiger partial charge in [0.25, 0.3) is 0 Å². The summed E-state index contributed by atoms with van der Waals surface area (Å²) in [5.41, 5.74) is 4.27. The molecule has 2 rings (SSSR count). The molecule has 0 aromatic heterocycles. The second-order valence-electron chi connectivity index (χ2n) is 5.42. The highest BCUT2D eigenvalue weighted by Gasteiger charge is 2.17. The third-order valence-electron chi connectivity index (χ3n) is 3.68. The Hall–Kier alpha value is -1.87. The summed E-state index contributed by atoms with van der Waals surface area (Å²) in [4.78, 5) is 2.10. The summed E-state index contributed by atoms with van der Waals surface area (Å²) in [6, 6.07) is 11.4. The number of nitrogens with zero attached hydrogens (tertiary/aromatic N) is 1. The number of anilines is 2. The highest BCUT2D eigenvalue weighted by molar-refractivity contribution is 5.68. The van der Waals surface area contributed by atoms with Crippen LogP contribution in [0, 0.1) is 19.7 Å². The van der Waals surface area contributed by atoms with Gasteiger partial charge in [-0.3, -0.25) is 0 Å². The molecule has 3 heteroatoms. The first kappa shape index (κ1) is 15.5. The monoisotopic (exact) mass is 287 g/mol. The summed E-state index contributed by atoms with van der Waals surface area (Å²) in [7, 11) is 0. The zero-order chi connectivity index (χ0) is 15.6. The Bertz CT molecular complexity index is 637. The zero-order valence-corrected chi connectivity index (χ0v) is 13.0. The number of aliphatic hydroxyl groups is 1. The summed E-state index contributed by atoms with van der Waals surface area (Å²) in [5, 5.41) is 9.97. The molecule has 0 aliphatic carbocycles. The largest absolute Gasteiger partial charge is 0.389 e. The van der Waals surface area contributed by atoms with Crippen molar-refractivity contribution in [1.29, 1.82) is 0 Å². The smallest absolute Gasteiger partial charge is 0.126 e. The van der Waals surface area contributed by atoms with Gasteiger partial charge in [-0.25, -0.2) is 4.39 Å². The quantitative estimate of drug-likeness (QED) is 0.884. The van der Waals surface area contributed by atoms with Crippen molar-refractivity contribution in [3.63, 3.8) is 0 Å². The van der Waals surface area contributed by atoms with Crippen molar-refractivity contribution in [2.24, 2.45) is 0 Å². The van der Waals surface area contributed by atoms with E-state index in [0.29, 0.717) is 11.1 Å². The standard InChI is InChI=1S/C18H22FNO/c1-5-20(15-8-6-7-12(2)9-15)18-10-13(3)17(19)11-16(18)14(4)21/h6-11,14,21H,5H2,1-4H3/t14-/m1/s1. The molecule has 1 N–H and O–H groups in total. The fraction of sp³-hybridized carbons (Fsp3) is 0.333. The molecule has 0 saturated heterocycles. The van der Waals surface area contributed by atoms with Crippen molar-refractivity contribution in [3.05, 3.63) is 58.9 Å². The van der Waals surface area contributed by atoms with Crippen molar-refractivity contribution in [1.82, 2.24) is 0 Å². The zero-order valence-electron chi connectivity index (χ0n) is 13.0. The maximum absolute atomic E-state index is 13.8. The van der Waals surface area contributed by atoms with Gasteiger partial charge in [0, 0.05) is 23.5 Å². The summed E-state index contributed by atoms with van der Waals surface area (Å²) in [5.74, 6) is -0.282. The summed E-state index contributed by atoms with van der Waals surface area (Å²) in [6.07, 6.45) is -0.714. The van der Waals surface area contributed by atoms with Gasteiger partial charge in [-0.15, -0.1) is 0 Å². The molecule has 2 aromatic carbocycles. The lowest BCUT2D eigenvalue weighted by molar-refractivity contribution is 0.199. The molecule has 0 heterocycles. The molecule has 112 valence electrons. The second kappa shape index (κ2) is 6.27. The van der Waals surface area contributed by atoms with E-state index in [1.54, 1.807) is 13.8 Å². The first-order chi connectivity index (χ1) is 9.93. The van der Waals surface area contributed by atoms with E-state index in [1.807, 2.05) is 38.1 Å². The predicted molar refractivity (Wildman–Crippen MR) is 85.6 cm³/mol. The molecule has 0 bridgehead atoms. The van der Waals surface area contributed by atoms with Crippen LogP contribution in [0.25, 0.3) is 0 Å². The van der Waals surface area contributed by atoms with Crippen LogP contribution in [0.5, 0.6) is 0 Å². The molecule has 0 aliphatic rings. The maximum atomic E-state index is 13.8. The lowest BCUT2D eigenvalue weighted by atomic mass is 10.0. The molecule has 1 atom stereocenters. The highest BCUT2D eigenvalue weighted by atomic mass is 19.1. The molecule has 0 radical (unpaired) electrons. The van der Waals surface area contributed by atoms with Crippen LogP contribution in [-0.4, -0.2) is 11.7 Å². The Labute approximate surface area is 125 Å². The molecule has 0 fully saturated rings. The van der Waals surface area contributed by atoms with Gasteiger partial charge in [-0.2, -0.15) is 0 Å². The van der Waals surface area contributed by atoms with E-state index < -0.39 is 6.10 Å². The minimum absolute atomic E-state index is 0.282. The number of benzene rings is 2. The van der Waals surface area contributed by atoms with Crippen LogP contribution < -0.4 is 4.90 Å². The van der Waals surface area contributed by atoms with Gasteiger partial charge in [0.1, 0.15) is 5.82 Å². The van der Waals surface area contributed by atoms with Gasteiger partial charge in [-0.05, 0) is 63.1 Å². The molecule has 0 unspecified atom stereocenters. The predicted octanol–water partition coefficient (Wildman–Crippen LogP) is 4.65. The highest BCUT2D eigenvalue weighted by Crippen LogP contribution is 2.34. The molecule has 2 aromatic rings. The fourth-order valence-electron chi connectivity index (χ4n) is 2.54. The molecule has 0 amide bonds. The number of hydrogen-bond donors (Lipinski definition) is 1. The van der Waals surface area contributed by atoms with Crippen LogP contribution in [0.4, 0.5) is 15.8 Å². The van der Waals surface area contributed by atoms with Gasteiger partial charge in [-0.1, -0.05) is 12.1 Å². The van der Waals surface area contributed by atoms with E-state index in [0.717, 1.165) is 17.9 Å². The Kier molecular flexibility index (Phi) is 4.63. The van der Waals surface area contributed by atoms with Crippen molar-refractivity contribution in [2.75, 3.05) is 11.4 Å². The minimum Gasteiger partial charge on any atom is -0.389 e. The molecule has 2 nitrogen and oxygen atoms in total. The summed E-state index contributed by atoms with van der Waals surface area (Å²) >= 11 is 0. The van der Waals surface area contributed by atoms with E-state index in [9.17, 15) is 9.50 Å². The van der Waals surface area contributed by atoms with Crippen LogP contribution in [0.3, 0.4) is 0 Å². The third kappa shape index (κ3) is 3.24. The Morgan fingerprint density at radius 3 is 2.48 bits per heavy atom. The fourth-order valence-corrected chi connectivity index (χ4v) is 2.54. The SMILES string of the molecule is CCN(c1cccc(C)c1)c1cc(C)c(F)cc1[C@@H](C)O. The van der Waals surface area contributed by atoms with Crippen LogP contribution >= 0.6 is 0 Å². The van der Waals surface area contributed by atoms with Crippen molar-refractivity contribution >= 4 is 11.4 Å². The lowest BCUT2D eigenvalue weighted by Crippen LogP contribution is -2.19. The number of aryl methyl sites for hydroxylation is 2. The van der Waals surface area contributed by atoms with Gasteiger partial charge in [0.05, 0.1) is 6.10 Å². The number of hydrogen-bond acceptors (Lipinski definition) is 2. The molecule has 0 aliphatic heterocycles. The second-order valence-corrected chi connectivity index (χ2v) is 5.42. The third-order valence-corrected chi connectivity index (χ3v) is 3.68. The number of rotatable bonds is 4. The first-order valence-corrected chi connectivity index (χ1v) is 7.26. The van der Waals surface area contributed by atoms with E-state index >= 15 is 0 Å². The Morgan fingerprint density at radius 1 is 1.19 bits per heavy atom. The van der Waals surface area contributed by atoms with Crippen molar-refractivity contribution < 1.29 is 9.50 Å². The van der Waals surface area contributed by atoms with E-state index in [4.69, 9.17) is 0 Å². The van der Waals surface area contributed by atoms with Gasteiger partial charge in [0.2, 0.25) is 0 Å². The Balaban J connectivity index is 2.59. The van der Waals surface area contributed by atoms with Gasteiger partial charge in [0.15, 0.2) is 0 Å². The van der Waals surface area contributed by atoms with E-state index in [2.05, 4.69) is 11.0 Å². The number of aliphatic hydroxyl groups excluding tert-OH is 1. The topological polar surface area (TPSA) is 23.5 Å². The molecule has 0 spiro atoms. The van der Waals surface area contributed by atoms with Gasteiger partial charge < -0.3 is 10.0 Å². The van der Waals surface area contributed by atoms with E-state index in [-0.39, 0.29) is 5.82 Å². The number of halogens is 1. The van der Waals surface area contributed by atoms with Crippen LogP contribution in [-0.2, 0) is 0 Å². The normalized spacial score (nSPS) is 12.3. The molecular weight excluding hydrogens is 265 g/mol. The van der Waals surface area contributed by atoms with E-state index in [1.165, 1.54) is 11.6 Å². The van der Waals surface area contributed by atoms with Crippen LogP contribution in [0.15, 0.2) is 36.4 Å². The van der Waals surface area contributed by atoms with Crippen LogP contribution in [0.2, 0.25) is 0 Å². The van der Waals surface area contributed by atoms with Crippen LogP contribution in [0.1, 0.15) is 36.6 Å². The molecule has 21 heavy (non-hydrogen) atoms. The Morgan fingerprint density at radius 2 is 1.90 bits per heavy atom. The van der Waals surface area contributed by atoms with Gasteiger partial charge >= 0.3 is 0 Å². The average molecular weight is 287 g/mol. The average Bonchev–Trinajstić information content (AvgIpc) is 2.43.